The van der Waals surface area contributed by atoms with Crippen molar-refractivity contribution in [1.82, 2.24) is 4.98 Å². The summed E-state index contributed by atoms with van der Waals surface area (Å²) < 4.78 is 10.1. The molecule has 0 spiro atoms. The lowest BCUT2D eigenvalue weighted by Crippen LogP contribution is -2.21. The highest BCUT2D eigenvalue weighted by atomic mass is 16.5. The standard InChI is InChI=1S/C20H24N2O5/c1-6-26-20(25)18-13(4)17(14(5)21-18)19(24)27-10-16(23)22-15-8-7-11(2)9-12(15)3/h7-9,21H,6,10H2,1-5H3,(H,22,23). The maximum atomic E-state index is 12.4. The number of benzene rings is 1. The number of carbonyl (C=O) groups excluding carboxylic acids is 3. The van der Waals surface area contributed by atoms with Gasteiger partial charge in [0.1, 0.15) is 5.69 Å². The van der Waals surface area contributed by atoms with Crippen LogP contribution in [0.4, 0.5) is 5.69 Å². The van der Waals surface area contributed by atoms with E-state index in [4.69, 9.17) is 9.47 Å². The summed E-state index contributed by atoms with van der Waals surface area (Å²) in [5.74, 6) is -1.65. The van der Waals surface area contributed by atoms with Gasteiger partial charge in [0.25, 0.3) is 5.91 Å². The molecule has 0 saturated heterocycles. The molecule has 1 aromatic carbocycles. The molecule has 0 fully saturated rings. The quantitative estimate of drug-likeness (QED) is 0.759. The number of hydrogen-bond donors (Lipinski definition) is 2. The van der Waals surface area contributed by atoms with E-state index in [9.17, 15) is 14.4 Å². The number of anilines is 1. The molecule has 2 aromatic rings. The zero-order valence-corrected chi connectivity index (χ0v) is 16.2. The van der Waals surface area contributed by atoms with E-state index < -0.39 is 24.5 Å². The first-order valence-corrected chi connectivity index (χ1v) is 8.65. The summed E-state index contributed by atoms with van der Waals surface area (Å²) in [6, 6.07) is 5.64. The summed E-state index contributed by atoms with van der Waals surface area (Å²) in [5.41, 5.74) is 4.04. The first-order chi connectivity index (χ1) is 12.7. The number of nitrogens with one attached hydrogen (secondary N) is 2. The number of hydrogen-bond acceptors (Lipinski definition) is 5. The molecule has 0 radical (unpaired) electrons. The van der Waals surface area contributed by atoms with Crippen LogP contribution in [0.3, 0.4) is 0 Å². The largest absolute Gasteiger partial charge is 0.461 e. The number of amides is 1. The number of aromatic nitrogens is 1. The smallest absolute Gasteiger partial charge is 0.355 e. The highest BCUT2D eigenvalue weighted by molar-refractivity contribution is 6.00. The minimum absolute atomic E-state index is 0.209. The average molecular weight is 372 g/mol. The molecule has 0 saturated carbocycles. The van der Waals surface area contributed by atoms with Crippen molar-refractivity contribution in [1.29, 1.82) is 0 Å². The summed E-state index contributed by atoms with van der Waals surface area (Å²) in [4.78, 5) is 39.2. The summed E-state index contributed by atoms with van der Waals surface area (Å²) in [6.07, 6.45) is 0. The molecule has 0 aliphatic carbocycles. The minimum atomic E-state index is -0.674. The van der Waals surface area contributed by atoms with Crippen molar-refractivity contribution in [3.05, 3.63) is 51.8 Å². The van der Waals surface area contributed by atoms with Gasteiger partial charge in [0, 0.05) is 11.4 Å². The van der Waals surface area contributed by atoms with Gasteiger partial charge in [-0.25, -0.2) is 9.59 Å². The second-order valence-electron chi connectivity index (χ2n) is 6.29. The van der Waals surface area contributed by atoms with Gasteiger partial charge in [0.2, 0.25) is 0 Å². The average Bonchev–Trinajstić information content (AvgIpc) is 2.90. The van der Waals surface area contributed by atoms with Gasteiger partial charge in [0.05, 0.1) is 12.2 Å². The number of aromatic amines is 1. The van der Waals surface area contributed by atoms with Crippen LogP contribution in [-0.4, -0.2) is 36.0 Å². The predicted molar refractivity (Wildman–Crippen MR) is 101 cm³/mol. The molecule has 7 nitrogen and oxygen atoms in total. The normalized spacial score (nSPS) is 10.4. The van der Waals surface area contributed by atoms with Gasteiger partial charge in [-0.15, -0.1) is 0 Å². The van der Waals surface area contributed by atoms with Gasteiger partial charge in [-0.3, -0.25) is 4.79 Å². The van der Waals surface area contributed by atoms with Crippen LogP contribution >= 0.6 is 0 Å². The molecule has 2 N–H and O–H groups in total. The van der Waals surface area contributed by atoms with Crippen LogP contribution in [0.2, 0.25) is 0 Å². The lowest BCUT2D eigenvalue weighted by Gasteiger charge is -2.10. The van der Waals surface area contributed by atoms with Crippen molar-refractivity contribution < 1.29 is 23.9 Å². The van der Waals surface area contributed by atoms with Crippen LogP contribution in [0.25, 0.3) is 0 Å². The topological polar surface area (TPSA) is 97.5 Å². The number of ether oxygens (including phenoxy) is 2. The lowest BCUT2D eigenvalue weighted by molar-refractivity contribution is -0.119. The van der Waals surface area contributed by atoms with Crippen molar-refractivity contribution in [2.75, 3.05) is 18.5 Å². The molecule has 0 atom stereocenters. The molecule has 1 amide bonds. The number of rotatable bonds is 6. The van der Waals surface area contributed by atoms with Gasteiger partial charge in [0.15, 0.2) is 6.61 Å². The zero-order valence-electron chi connectivity index (χ0n) is 16.2. The third kappa shape index (κ3) is 4.75. The van der Waals surface area contributed by atoms with Crippen molar-refractivity contribution in [3.8, 4) is 0 Å². The first-order valence-electron chi connectivity index (χ1n) is 8.65. The third-order valence-electron chi connectivity index (χ3n) is 4.11. The summed E-state index contributed by atoms with van der Waals surface area (Å²) in [7, 11) is 0. The molecule has 144 valence electrons. The summed E-state index contributed by atoms with van der Waals surface area (Å²) >= 11 is 0. The third-order valence-corrected chi connectivity index (χ3v) is 4.11. The van der Waals surface area contributed by atoms with Crippen molar-refractivity contribution in [2.24, 2.45) is 0 Å². The molecular formula is C20H24N2O5. The van der Waals surface area contributed by atoms with E-state index in [0.29, 0.717) is 16.9 Å². The Balaban J connectivity index is 2.03. The molecule has 27 heavy (non-hydrogen) atoms. The monoisotopic (exact) mass is 372 g/mol. The highest BCUT2D eigenvalue weighted by Crippen LogP contribution is 2.20. The molecular weight excluding hydrogens is 348 g/mol. The molecule has 0 aliphatic rings. The highest BCUT2D eigenvalue weighted by Gasteiger charge is 2.24. The zero-order chi connectivity index (χ0) is 20.1. The lowest BCUT2D eigenvalue weighted by atomic mass is 10.1. The molecule has 0 bridgehead atoms. The van der Waals surface area contributed by atoms with Crippen LogP contribution in [-0.2, 0) is 14.3 Å². The fourth-order valence-electron chi connectivity index (χ4n) is 2.81. The van der Waals surface area contributed by atoms with E-state index in [-0.39, 0.29) is 17.9 Å². The Morgan fingerprint density at radius 1 is 1.04 bits per heavy atom. The molecule has 2 rings (SSSR count). The molecule has 1 heterocycles. The van der Waals surface area contributed by atoms with Crippen LogP contribution in [0.5, 0.6) is 0 Å². The van der Waals surface area contributed by atoms with Crippen LogP contribution in [0.15, 0.2) is 18.2 Å². The molecule has 0 aliphatic heterocycles. The van der Waals surface area contributed by atoms with Crippen molar-refractivity contribution in [3.63, 3.8) is 0 Å². The Kier molecular flexibility index (Phi) is 6.39. The maximum absolute atomic E-state index is 12.4. The predicted octanol–water partition coefficient (Wildman–Crippen LogP) is 3.22. The van der Waals surface area contributed by atoms with Gasteiger partial charge in [-0.05, 0) is 51.8 Å². The Morgan fingerprint density at radius 2 is 1.74 bits per heavy atom. The SMILES string of the molecule is CCOC(=O)c1[nH]c(C)c(C(=O)OCC(=O)Nc2ccc(C)cc2C)c1C. The Morgan fingerprint density at radius 3 is 2.37 bits per heavy atom. The Bertz CT molecular complexity index is 883. The maximum Gasteiger partial charge on any atom is 0.355 e. The first kappa shape index (κ1) is 20.2. The van der Waals surface area contributed by atoms with E-state index in [2.05, 4.69) is 10.3 Å². The van der Waals surface area contributed by atoms with Crippen LogP contribution in [0, 0.1) is 27.7 Å². The molecule has 1 aromatic heterocycles. The van der Waals surface area contributed by atoms with E-state index in [0.717, 1.165) is 11.1 Å². The fourth-order valence-corrected chi connectivity index (χ4v) is 2.81. The number of carbonyl (C=O) groups is 3. The van der Waals surface area contributed by atoms with Gasteiger partial charge in [-0.1, -0.05) is 17.7 Å². The summed E-state index contributed by atoms with van der Waals surface area (Å²) in [6.45, 7) is 8.64. The minimum Gasteiger partial charge on any atom is -0.461 e. The van der Waals surface area contributed by atoms with E-state index in [1.165, 1.54) is 0 Å². The number of esters is 2. The Hall–Kier alpha value is -3.09. The van der Waals surface area contributed by atoms with Crippen LogP contribution in [0.1, 0.15) is 50.2 Å². The number of H-pyrrole nitrogens is 1. The van der Waals surface area contributed by atoms with Gasteiger partial charge in [-0.2, -0.15) is 0 Å². The van der Waals surface area contributed by atoms with Gasteiger partial charge >= 0.3 is 11.9 Å². The van der Waals surface area contributed by atoms with Crippen LogP contribution < -0.4 is 5.32 Å². The van der Waals surface area contributed by atoms with E-state index in [1.807, 2.05) is 26.0 Å². The van der Waals surface area contributed by atoms with E-state index in [1.54, 1.807) is 26.8 Å². The fraction of sp³-hybridized carbons (Fsp3) is 0.350. The Labute approximate surface area is 158 Å². The van der Waals surface area contributed by atoms with Crippen molar-refractivity contribution >= 4 is 23.5 Å². The van der Waals surface area contributed by atoms with Gasteiger partial charge < -0.3 is 19.8 Å². The molecule has 7 heteroatoms. The number of aryl methyl sites for hydroxylation is 3. The second-order valence-corrected chi connectivity index (χ2v) is 6.29. The molecule has 0 unspecified atom stereocenters. The van der Waals surface area contributed by atoms with E-state index >= 15 is 0 Å². The second kappa shape index (κ2) is 8.53. The van der Waals surface area contributed by atoms with Crippen molar-refractivity contribution in [2.45, 2.75) is 34.6 Å². The summed E-state index contributed by atoms with van der Waals surface area (Å²) in [5, 5.41) is 2.72.